The Morgan fingerprint density at radius 2 is 1.95 bits per heavy atom. The van der Waals surface area contributed by atoms with Crippen LogP contribution in [-0.2, 0) is 16.4 Å². The van der Waals surface area contributed by atoms with Gasteiger partial charge in [0.05, 0.1) is 4.90 Å². The molecule has 0 aromatic heterocycles. The molecule has 4 rings (SSSR count). The molecular weight excluding hydrogens is 294 g/mol. The van der Waals surface area contributed by atoms with Gasteiger partial charge in [-0.1, -0.05) is 18.6 Å². The lowest BCUT2D eigenvalue weighted by Gasteiger charge is -2.32. The molecule has 3 aliphatic rings. The van der Waals surface area contributed by atoms with Gasteiger partial charge in [0, 0.05) is 18.8 Å². The van der Waals surface area contributed by atoms with E-state index < -0.39 is 9.84 Å². The molecule has 0 radical (unpaired) electrons. The van der Waals surface area contributed by atoms with Crippen molar-refractivity contribution >= 4 is 9.84 Å². The summed E-state index contributed by atoms with van der Waals surface area (Å²) in [5, 5.41) is 3.73. The largest absolute Gasteiger partial charge is 0.310 e. The summed E-state index contributed by atoms with van der Waals surface area (Å²) in [5.41, 5.74) is 1.08. The van der Waals surface area contributed by atoms with E-state index in [1.807, 2.05) is 18.2 Å². The monoisotopic (exact) mass is 319 g/mol. The van der Waals surface area contributed by atoms with Gasteiger partial charge < -0.3 is 5.32 Å². The lowest BCUT2D eigenvalue weighted by molar-refractivity contribution is 0.208. The Labute approximate surface area is 133 Å². The van der Waals surface area contributed by atoms with Crippen LogP contribution in [0.25, 0.3) is 0 Å². The Morgan fingerprint density at radius 1 is 1.14 bits per heavy atom. The van der Waals surface area contributed by atoms with Crippen LogP contribution >= 0.6 is 0 Å². The molecule has 0 heterocycles. The molecule has 3 nitrogen and oxygen atoms in total. The van der Waals surface area contributed by atoms with E-state index in [2.05, 4.69) is 5.32 Å². The average Bonchev–Trinajstić information content (AvgIpc) is 3.17. The minimum absolute atomic E-state index is 0.426. The Hall–Kier alpha value is -0.870. The molecule has 0 saturated heterocycles. The Kier molecular flexibility index (Phi) is 3.57. The van der Waals surface area contributed by atoms with E-state index in [4.69, 9.17) is 0 Å². The number of hydrogen-bond donors (Lipinski definition) is 1. The lowest BCUT2D eigenvalue weighted by Crippen LogP contribution is -2.38. The fourth-order valence-corrected chi connectivity index (χ4v) is 6.13. The zero-order valence-corrected chi connectivity index (χ0v) is 14.0. The predicted octanol–water partition coefficient (Wildman–Crippen LogP) is 3.00. The molecule has 22 heavy (non-hydrogen) atoms. The fourth-order valence-electron chi connectivity index (χ4n) is 5.44. The molecule has 3 saturated carbocycles. The summed E-state index contributed by atoms with van der Waals surface area (Å²) in [6.07, 6.45) is 8.37. The zero-order valence-electron chi connectivity index (χ0n) is 13.2. The van der Waals surface area contributed by atoms with Crippen molar-refractivity contribution < 1.29 is 8.42 Å². The van der Waals surface area contributed by atoms with Crippen LogP contribution in [-0.4, -0.2) is 20.7 Å². The van der Waals surface area contributed by atoms with Crippen molar-refractivity contribution in [2.75, 3.05) is 6.26 Å². The van der Waals surface area contributed by atoms with Gasteiger partial charge in [0.25, 0.3) is 0 Å². The highest BCUT2D eigenvalue weighted by molar-refractivity contribution is 7.90. The third kappa shape index (κ3) is 2.50. The van der Waals surface area contributed by atoms with Crippen LogP contribution in [0, 0.1) is 23.7 Å². The highest BCUT2D eigenvalue weighted by Crippen LogP contribution is 2.58. The third-order valence-electron chi connectivity index (χ3n) is 6.32. The van der Waals surface area contributed by atoms with Crippen molar-refractivity contribution in [1.29, 1.82) is 0 Å². The van der Waals surface area contributed by atoms with Crippen LogP contribution in [0.4, 0.5) is 0 Å². The number of hydrogen-bond acceptors (Lipinski definition) is 3. The molecule has 0 amide bonds. The molecule has 1 aromatic rings. The maximum absolute atomic E-state index is 11.7. The maximum atomic E-state index is 11.7. The summed E-state index contributed by atoms with van der Waals surface area (Å²) in [7, 11) is -3.11. The van der Waals surface area contributed by atoms with E-state index in [0.29, 0.717) is 10.9 Å². The van der Waals surface area contributed by atoms with Gasteiger partial charge in [-0.25, -0.2) is 8.42 Å². The molecular formula is C18H25NO2S. The van der Waals surface area contributed by atoms with Crippen LogP contribution in [0.3, 0.4) is 0 Å². The smallest absolute Gasteiger partial charge is 0.175 e. The highest BCUT2D eigenvalue weighted by Gasteiger charge is 2.53. The van der Waals surface area contributed by atoms with Crippen molar-refractivity contribution in [2.24, 2.45) is 23.7 Å². The van der Waals surface area contributed by atoms with Crippen molar-refractivity contribution in [3.63, 3.8) is 0 Å². The number of benzene rings is 1. The standard InChI is InChI=1S/C18H25NO2S/c1-22(20,21)14-5-2-4-12(8-14)11-19-18-10-13-9-17(18)16-7-3-6-15(13)16/h2,4-5,8,13,15-19H,3,6-7,9-11H2,1H3/t13-,15+,16+,17-,18?/m0/s1. The SMILES string of the molecule is CS(=O)(=O)c1cccc(CNC2C[C@@H]3C[C@H]2[C@@H]2CCC[C@H]32)c1. The number of nitrogens with one attached hydrogen (secondary N) is 1. The van der Waals surface area contributed by atoms with E-state index in [1.54, 1.807) is 6.07 Å². The molecule has 3 fully saturated rings. The first kappa shape index (κ1) is 14.7. The maximum Gasteiger partial charge on any atom is 0.175 e. The minimum atomic E-state index is -3.11. The molecule has 0 aliphatic heterocycles. The highest BCUT2D eigenvalue weighted by atomic mass is 32.2. The normalized spacial score (nSPS) is 36.7. The number of sulfone groups is 1. The van der Waals surface area contributed by atoms with Crippen LogP contribution in [0.5, 0.6) is 0 Å². The van der Waals surface area contributed by atoms with Crippen LogP contribution < -0.4 is 5.32 Å². The van der Waals surface area contributed by atoms with E-state index in [-0.39, 0.29) is 0 Å². The van der Waals surface area contributed by atoms with Gasteiger partial charge in [-0.2, -0.15) is 0 Å². The number of rotatable bonds is 4. The van der Waals surface area contributed by atoms with Gasteiger partial charge in [-0.05, 0) is 67.1 Å². The second-order valence-electron chi connectivity index (χ2n) is 7.56. The summed E-state index contributed by atoms with van der Waals surface area (Å²) >= 11 is 0. The summed E-state index contributed by atoms with van der Waals surface area (Å²) in [4.78, 5) is 0.426. The van der Waals surface area contributed by atoms with E-state index in [1.165, 1.54) is 38.4 Å². The van der Waals surface area contributed by atoms with Crippen molar-refractivity contribution in [3.05, 3.63) is 29.8 Å². The summed E-state index contributed by atoms with van der Waals surface area (Å²) in [6.45, 7) is 0.786. The van der Waals surface area contributed by atoms with Crippen molar-refractivity contribution in [1.82, 2.24) is 5.32 Å². The van der Waals surface area contributed by atoms with E-state index in [9.17, 15) is 8.42 Å². The van der Waals surface area contributed by atoms with E-state index >= 15 is 0 Å². The van der Waals surface area contributed by atoms with Crippen molar-refractivity contribution in [2.45, 2.75) is 49.6 Å². The van der Waals surface area contributed by atoms with Gasteiger partial charge in [-0.3, -0.25) is 0 Å². The molecule has 2 bridgehead atoms. The topological polar surface area (TPSA) is 46.2 Å². The second-order valence-corrected chi connectivity index (χ2v) is 9.58. The Morgan fingerprint density at radius 3 is 2.77 bits per heavy atom. The predicted molar refractivity (Wildman–Crippen MR) is 87.2 cm³/mol. The Balaban J connectivity index is 1.42. The summed E-state index contributed by atoms with van der Waals surface area (Å²) in [5.74, 6) is 3.82. The van der Waals surface area contributed by atoms with Gasteiger partial charge in [-0.15, -0.1) is 0 Å². The van der Waals surface area contributed by atoms with Gasteiger partial charge in [0.1, 0.15) is 0 Å². The van der Waals surface area contributed by atoms with Crippen molar-refractivity contribution in [3.8, 4) is 0 Å². The first-order valence-electron chi connectivity index (χ1n) is 8.55. The van der Waals surface area contributed by atoms with Gasteiger partial charge in [0.15, 0.2) is 9.84 Å². The molecule has 1 N–H and O–H groups in total. The molecule has 1 aromatic carbocycles. The van der Waals surface area contributed by atoms with Gasteiger partial charge in [0.2, 0.25) is 0 Å². The van der Waals surface area contributed by atoms with E-state index in [0.717, 1.165) is 35.8 Å². The summed E-state index contributed by atoms with van der Waals surface area (Å²) < 4.78 is 23.3. The fraction of sp³-hybridized carbons (Fsp3) is 0.667. The lowest BCUT2D eigenvalue weighted by atomic mass is 9.79. The second kappa shape index (κ2) is 5.34. The van der Waals surface area contributed by atoms with Crippen LogP contribution in [0.1, 0.15) is 37.7 Å². The first-order chi connectivity index (χ1) is 10.5. The molecule has 5 atom stereocenters. The Bertz CT molecular complexity index is 669. The molecule has 1 unspecified atom stereocenters. The first-order valence-corrected chi connectivity index (χ1v) is 10.4. The van der Waals surface area contributed by atoms with Gasteiger partial charge >= 0.3 is 0 Å². The van der Waals surface area contributed by atoms with Crippen LogP contribution in [0.15, 0.2) is 29.2 Å². The molecule has 3 aliphatic carbocycles. The number of fused-ring (bicyclic) bond motifs is 5. The zero-order chi connectivity index (χ0) is 15.3. The average molecular weight is 319 g/mol. The molecule has 120 valence electrons. The summed E-state index contributed by atoms with van der Waals surface area (Å²) in [6, 6.07) is 8.01. The third-order valence-corrected chi connectivity index (χ3v) is 7.43. The molecule has 0 spiro atoms. The minimum Gasteiger partial charge on any atom is -0.310 e. The molecule has 4 heteroatoms. The van der Waals surface area contributed by atoms with Crippen LogP contribution in [0.2, 0.25) is 0 Å². The quantitative estimate of drug-likeness (QED) is 0.928.